The van der Waals surface area contributed by atoms with Gasteiger partial charge >= 0.3 is 0 Å². The van der Waals surface area contributed by atoms with Crippen LogP contribution in [0.1, 0.15) is 11.1 Å². The maximum Gasteiger partial charge on any atom is 0.224 e. The van der Waals surface area contributed by atoms with E-state index >= 15 is 0 Å². The minimum atomic E-state index is 0.0136. The lowest BCUT2D eigenvalue weighted by molar-refractivity contribution is -0.120. The molecule has 0 saturated heterocycles. The molecule has 0 radical (unpaired) electrons. The van der Waals surface area contributed by atoms with Crippen molar-refractivity contribution in [3.8, 4) is 0 Å². The van der Waals surface area contributed by atoms with Crippen molar-refractivity contribution in [2.75, 3.05) is 12.3 Å². The highest BCUT2D eigenvalue weighted by molar-refractivity contribution is 5.78. The first kappa shape index (κ1) is 13.1. The van der Waals surface area contributed by atoms with E-state index in [2.05, 4.69) is 10.3 Å². The number of nitrogens with one attached hydrogen (secondary N) is 1. The summed E-state index contributed by atoms with van der Waals surface area (Å²) >= 11 is 0. The van der Waals surface area contributed by atoms with E-state index in [-0.39, 0.29) is 5.91 Å². The first-order valence-electron chi connectivity index (χ1n) is 6.24. The second-order valence-corrected chi connectivity index (χ2v) is 4.38. The Kier molecular flexibility index (Phi) is 4.50. The number of carbonyl (C=O) groups is 1. The van der Waals surface area contributed by atoms with Crippen LogP contribution in [0.25, 0.3) is 0 Å². The van der Waals surface area contributed by atoms with Crippen LogP contribution >= 0.6 is 0 Å². The van der Waals surface area contributed by atoms with Gasteiger partial charge < -0.3 is 11.1 Å². The molecule has 3 N–H and O–H groups in total. The highest BCUT2D eigenvalue weighted by atomic mass is 16.1. The van der Waals surface area contributed by atoms with Crippen LogP contribution in [0.4, 0.5) is 5.69 Å². The zero-order chi connectivity index (χ0) is 13.5. The summed E-state index contributed by atoms with van der Waals surface area (Å²) < 4.78 is 0. The quantitative estimate of drug-likeness (QED) is 0.797. The summed E-state index contributed by atoms with van der Waals surface area (Å²) in [6, 6.07) is 11.3. The van der Waals surface area contributed by atoms with E-state index < -0.39 is 0 Å². The number of rotatable bonds is 5. The Morgan fingerprint density at radius 1 is 1.16 bits per heavy atom. The van der Waals surface area contributed by atoms with E-state index in [0.717, 1.165) is 12.0 Å². The van der Waals surface area contributed by atoms with Crippen LogP contribution in [0, 0.1) is 0 Å². The first-order valence-corrected chi connectivity index (χ1v) is 6.24. The standard InChI is InChI=1S/C15H17N3O/c16-14-3-1-2-13(10-14)11-15(19)18-9-6-12-4-7-17-8-5-12/h1-5,7-8,10H,6,9,11,16H2,(H,18,19). The van der Waals surface area contributed by atoms with Crippen molar-refractivity contribution in [2.24, 2.45) is 0 Å². The molecule has 0 unspecified atom stereocenters. The van der Waals surface area contributed by atoms with Crippen LogP contribution in [0.2, 0.25) is 0 Å². The molecule has 98 valence electrons. The van der Waals surface area contributed by atoms with E-state index in [1.54, 1.807) is 12.4 Å². The molecule has 2 aromatic rings. The van der Waals surface area contributed by atoms with Gasteiger partial charge in [0.25, 0.3) is 0 Å². The predicted molar refractivity (Wildman–Crippen MR) is 75.5 cm³/mol. The van der Waals surface area contributed by atoms with Gasteiger partial charge in [-0.1, -0.05) is 12.1 Å². The second kappa shape index (κ2) is 6.54. The molecule has 1 aromatic heterocycles. The Balaban J connectivity index is 1.76. The summed E-state index contributed by atoms with van der Waals surface area (Å²) in [5, 5.41) is 2.90. The van der Waals surface area contributed by atoms with Gasteiger partial charge in [0.1, 0.15) is 0 Å². The minimum Gasteiger partial charge on any atom is -0.399 e. The monoisotopic (exact) mass is 255 g/mol. The number of nitrogen functional groups attached to an aromatic ring is 1. The van der Waals surface area contributed by atoms with Crippen LogP contribution in [0.5, 0.6) is 0 Å². The molecule has 2 rings (SSSR count). The van der Waals surface area contributed by atoms with Crippen LogP contribution in [0.15, 0.2) is 48.8 Å². The highest BCUT2D eigenvalue weighted by Crippen LogP contribution is 2.07. The van der Waals surface area contributed by atoms with Crippen molar-refractivity contribution in [1.82, 2.24) is 10.3 Å². The number of nitrogens with zero attached hydrogens (tertiary/aromatic N) is 1. The van der Waals surface area contributed by atoms with Gasteiger partial charge in [0, 0.05) is 24.6 Å². The van der Waals surface area contributed by atoms with Gasteiger partial charge in [-0.3, -0.25) is 9.78 Å². The Labute approximate surface area is 112 Å². The molecule has 0 aliphatic heterocycles. The van der Waals surface area contributed by atoms with Gasteiger partial charge in [-0.2, -0.15) is 0 Å². The Hall–Kier alpha value is -2.36. The Bertz CT molecular complexity index is 540. The van der Waals surface area contributed by atoms with Gasteiger partial charge in [-0.15, -0.1) is 0 Å². The fraction of sp³-hybridized carbons (Fsp3) is 0.200. The van der Waals surface area contributed by atoms with Crippen molar-refractivity contribution < 1.29 is 4.79 Å². The van der Waals surface area contributed by atoms with Crippen LogP contribution < -0.4 is 11.1 Å². The van der Waals surface area contributed by atoms with E-state index in [1.807, 2.05) is 36.4 Å². The summed E-state index contributed by atoms with van der Waals surface area (Å²) in [4.78, 5) is 15.7. The lowest BCUT2D eigenvalue weighted by atomic mass is 10.1. The van der Waals surface area contributed by atoms with Crippen molar-refractivity contribution >= 4 is 11.6 Å². The number of amides is 1. The number of carbonyl (C=O) groups excluding carboxylic acids is 1. The molecule has 19 heavy (non-hydrogen) atoms. The van der Waals surface area contributed by atoms with Crippen molar-refractivity contribution in [3.05, 3.63) is 59.9 Å². The number of hydrogen-bond donors (Lipinski definition) is 2. The molecule has 1 heterocycles. The molecule has 1 amide bonds. The number of anilines is 1. The van der Waals surface area contributed by atoms with Crippen molar-refractivity contribution in [2.45, 2.75) is 12.8 Å². The maximum atomic E-state index is 11.7. The van der Waals surface area contributed by atoms with Crippen molar-refractivity contribution in [3.63, 3.8) is 0 Å². The van der Waals surface area contributed by atoms with Crippen LogP contribution in [-0.2, 0) is 17.6 Å². The molecule has 0 atom stereocenters. The number of benzene rings is 1. The third-order valence-electron chi connectivity index (χ3n) is 2.80. The summed E-state index contributed by atoms with van der Waals surface area (Å²) in [6.45, 7) is 0.630. The Morgan fingerprint density at radius 3 is 2.68 bits per heavy atom. The maximum absolute atomic E-state index is 11.7. The van der Waals surface area contributed by atoms with Gasteiger partial charge in [-0.05, 0) is 41.8 Å². The number of hydrogen-bond acceptors (Lipinski definition) is 3. The van der Waals surface area contributed by atoms with Gasteiger partial charge in [0.2, 0.25) is 5.91 Å². The summed E-state index contributed by atoms with van der Waals surface area (Å²) in [5.74, 6) is 0.0136. The molecular weight excluding hydrogens is 238 g/mol. The Morgan fingerprint density at radius 2 is 1.95 bits per heavy atom. The summed E-state index contributed by atoms with van der Waals surface area (Å²) in [6.07, 6.45) is 4.68. The minimum absolute atomic E-state index is 0.0136. The summed E-state index contributed by atoms with van der Waals surface area (Å²) in [5.41, 5.74) is 8.45. The SMILES string of the molecule is Nc1cccc(CC(=O)NCCc2ccncc2)c1. The smallest absolute Gasteiger partial charge is 0.224 e. The average molecular weight is 255 g/mol. The largest absolute Gasteiger partial charge is 0.399 e. The summed E-state index contributed by atoms with van der Waals surface area (Å²) in [7, 11) is 0. The van der Waals surface area contributed by atoms with E-state index in [9.17, 15) is 4.79 Å². The molecule has 0 bridgehead atoms. The van der Waals surface area contributed by atoms with E-state index in [0.29, 0.717) is 18.7 Å². The zero-order valence-corrected chi connectivity index (χ0v) is 10.7. The number of aromatic nitrogens is 1. The fourth-order valence-corrected chi connectivity index (χ4v) is 1.85. The molecule has 4 heteroatoms. The van der Waals surface area contributed by atoms with E-state index in [4.69, 9.17) is 5.73 Å². The molecule has 0 aliphatic carbocycles. The van der Waals surface area contributed by atoms with Gasteiger partial charge in [0.15, 0.2) is 0 Å². The molecule has 4 nitrogen and oxygen atoms in total. The highest BCUT2D eigenvalue weighted by Gasteiger charge is 2.03. The second-order valence-electron chi connectivity index (χ2n) is 4.38. The molecule has 0 fully saturated rings. The average Bonchev–Trinajstić information content (AvgIpc) is 2.40. The third-order valence-corrected chi connectivity index (χ3v) is 2.80. The van der Waals surface area contributed by atoms with Crippen LogP contribution in [-0.4, -0.2) is 17.4 Å². The zero-order valence-electron chi connectivity index (χ0n) is 10.7. The molecule has 0 aliphatic rings. The number of pyridine rings is 1. The lowest BCUT2D eigenvalue weighted by Crippen LogP contribution is -2.27. The van der Waals surface area contributed by atoms with Gasteiger partial charge in [0.05, 0.1) is 6.42 Å². The molecule has 0 spiro atoms. The van der Waals surface area contributed by atoms with Crippen molar-refractivity contribution in [1.29, 1.82) is 0 Å². The van der Waals surface area contributed by atoms with Gasteiger partial charge in [-0.25, -0.2) is 0 Å². The third kappa shape index (κ3) is 4.43. The molecular formula is C15H17N3O. The van der Waals surface area contributed by atoms with Crippen LogP contribution in [0.3, 0.4) is 0 Å². The molecule has 1 aromatic carbocycles. The predicted octanol–water partition coefficient (Wildman–Crippen LogP) is 1.57. The molecule has 0 saturated carbocycles. The normalized spacial score (nSPS) is 10.1. The lowest BCUT2D eigenvalue weighted by Gasteiger charge is -2.06. The topological polar surface area (TPSA) is 68.0 Å². The van der Waals surface area contributed by atoms with E-state index in [1.165, 1.54) is 5.56 Å². The number of nitrogens with two attached hydrogens (primary N) is 1. The first-order chi connectivity index (χ1) is 9.24. The fourth-order valence-electron chi connectivity index (χ4n) is 1.85.